The topological polar surface area (TPSA) is 45.6 Å². The average Bonchev–Trinajstić information content (AvgIpc) is 2.57. The normalized spacial score (nSPS) is 16.0. The van der Waals surface area contributed by atoms with Crippen LogP contribution in [0.15, 0.2) is 35.3 Å². The van der Waals surface area contributed by atoms with Gasteiger partial charge >= 0.3 is 0 Å². The van der Waals surface area contributed by atoms with Crippen LogP contribution in [0, 0.1) is 6.92 Å². The summed E-state index contributed by atoms with van der Waals surface area (Å²) in [6, 6.07) is 9.62. The molecule has 0 spiro atoms. The van der Waals surface area contributed by atoms with E-state index in [0.717, 1.165) is 27.4 Å². The van der Waals surface area contributed by atoms with Crippen molar-refractivity contribution in [3.63, 3.8) is 0 Å². The molecule has 1 aliphatic rings. The third-order valence-corrected chi connectivity index (χ3v) is 4.90. The second kappa shape index (κ2) is 6.91. The van der Waals surface area contributed by atoms with E-state index in [4.69, 9.17) is 27.9 Å². The summed E-state index contributed by atoms with van der Waals surface area (Å²) in [4.78, 5) is 4.68. The van der Waals surface area contributed by atoms with Gasteiger partial charge in [0, 0.05) is 28.2 Å². The largest absolute Gasteiger partial charge is 0.494 e. The Morgan fingerprint density at radius 2 is 2.00 bits per heavy atom. The van der Waals surface area contributed by atoms with Crippen molar-refractivity contribution in [1.82, 2.24) is 10.6 Å². The predicted molar refractivity (Wildman–Crippen MR) is 99.7 cm³/mol. The molecule has 0 fully saturated rings. The van der Waals surface area contributed by atoms with Crippen LogP contribution in [0.1, 0.15) is 29.7 Å². The zero-order chi connectivity index (χ0) is 17.3. The highest BCUT2D eigenvalue weighted by atomic mass is 35.5. The number of benzene rings is 2. The van der Waals surface area contributed by atoms with Crippen LogP contribution < -0.4 is 15.4 Å². The zero-order valence-electron chi connectivity index (χ0n) is 13.8. The van der Waals surface area contributed by atoms with Crippen LogP contribution in [0.4, 0.5) is 5.69 Å². The first kappa shape index (κ1) is 16.9. The van der Waals surface area contributed by atoms with E-state index < -0.39 is 0 Å². The van der Waals surface area contributed by atoms with Crippen molar-refractivity contribution in [2.45, 2.75) is 26.4 Å². The van der Waals surface area contributed by atoms with E-state index >= 15 is 0 Å². The summed E-state index contributed by atoms with van der Waals surface area (Å²) >= 11 is 12.5. The molecule has 126 valence electrons. The number of hydrogen-bond donors (Lipinski definition) is 2. The van der Waals surface area contributed by atoms with Gasteiger partial charge < -0.3 is 15.4 Å². The Kier molecular flexibility index (Phi) is 4.88. The maximum atomic E-state index is 6.30. The third kappa shape index (κ3) is 3.17. The first-order valence-electron chi connectivity index (χ1n) is 7.70. The van der Waals surface area contributed by atoms with Crippen LogP contribution in [0.5, 0.6) is 5.75 Å². The molecule has 0 saturated heterocycles. The summed E-state index contributed by atoms with van der Waals surface area (Å²) in [5, 5.41) is 8.08. The molecule has 0 bridgehead atoms. The Bertz CT molecular complexity index is 805. The van der Waals surface area contributed by atoms with Gasteiger partial charge in [-0.2, -0.15) is 0 Å². The first-order valence-corrected chi connectivity index (χ1v) is 8.46. The van der Waals surface area contributed by atoms with Crippen molar-refractivity contribution in [1.29, 1.82) is 0 Å². The lowest BCUT2D eigenvalue weighted by atomic mass is 9.98. The van der Waals surface area contributed by atoms with Gasteiger partial charge in [-0.15, -0.1) is 0 Å². The van der Waals surface area contributed by atoms with E-state index in [0.29, 0.717) is 23.3 Å². The summed E-state index contributed by atoms with van der Waals surface area (Å²) in [6.45, 7) is 4.66. The van der Waals surface area contributed by atoms with Crippen molar-refractivity contribution >= 4 is 34.8 Å². The minimum absolute atomic E-state index is 0.0684. The van der Waals surface area contributed by atoms with Gasteiger partial charge in [0.2, 0.25) is 0 Å². The molecule has 1 heterocycles. The summed E-state index contributed by atoms with van der Waals surface area (Å²) in [6.07, 6.45) is 0. The molecule has 0 aliphatic carbocycles. The quantitative estimate of drug-likeness (QED) is 0.826. The fourth-order valence-electron chi connectivity index (χ4n) is 2.86. The number of fused-ring (bicyclic) bond motifs is 1. The van der Waals surface area contributed by atoms with Gasteiger partial charge in [0.05, 0.1) is 13.2 Å². The minimum Gasteiger partial charge on any atom is -0.494 e. The summed E-state index contributed by atoms with van der Waals surface area (Å²) in [5.41, 5.74) is 3.90. The molecule has 6 heteroatoms. The molecule has 0 radical (unpaired) electrons. The number of nitrogens with zero attached hydrogens (tertiary/aromatic N) is 1. The number of ether oxygens (including phenoxy) is 1. The SMILES string of the molecule is COc1cc(Cl)c(C)c2c1N=C(NCc1ccccc1Cl)NC2C. The van der Waals surface area contributed by atoms with Crippen molar-refractivity contribution < 1.29 is 4.74 Å². The summed E-state index contributed by atoms with van der Waals surface area (Å²) < 4.78 is 5.46. The minimum atomic E-state index is 0.0684. The molecule has 4 nitrogen and oxygen atoms in total. The van der Waals surface area contributed by atoms with Gasteiger partial charge in [-0.1, -0.05) is 41.4 Å². The second-order valence-corrected chi connectivity index (χ2v) is 6.53. The molecule has 0 amide bonds. The molecule has 24 heavy (non-hydrogen) atoms. The fourth-order valence-corrected chi connectivity index (χ4v) is 3.27. The second-order valence-electron chi connectivity index (χ2n) is 5.72. The number of guanidine groups is 1. The van der Waals surface area contributed by atoms with Crippen molar-refractivity contribution in [3.05, 3.63) is 57.1 Å². The first-order chi connectivity index (χ1) is 11.5. The Hall–Kier alpha value is -1.91. The Labute approximate surface area is 151 Å². The number of aliphatic imine (C=N–C) groups is 1. The highest BCUT2D eigenvalue weighted by Crippen LogP contribution is 2.42. The lowest BCUT2D eigenvalue weighted by molar-refractivity contribution is 0.414. The molecule has 2 aromatic carbocycles. The van der Waals surface area contributed by atoms with Crippen LogP contribution in [-0.2, 0) is 6.54 Å². The van der Waals surface area contributed by atoms with Gasteiger partial charge in [0.25, 0.3) is 0 Å². The number of halogens is 2. The smallest absolute Gasteiger partial charge is 0.197 e. The van der Waals surface area contributed by atoms with Gasteiger partial charge in [-0.25, -0.2) is 4.99 Å². The van der Waals surface area contributed by atoms with Crippen molar-refractivity contribution in [2.75, 3.05) is 7.11 Å². The number of rotatable bonds is 3. The highest BCUT2D eigenvalue weighted by molar-refractivity contribution is 6.32. The van der Waals surface area contributed by atoms with Crippen LogP contribution in [0.3, 0.4) is 0 Å². The van der Waals surface area contributed by atoms with Crippen LogP contribution in [0.2, 0.25) is 10.0 Å². The van der Waals surface area contributed by atoms with E-state index in [1.807, 2.05) is 37.3 Å². The molecule has 2 aromatic rings. The average molecular weight is 364 g/mol. The molecule has 1 atom stereocenters. The summed E-state index contributed by atoms with van der Waals surface area (Å²) in [5.74, 6) is 1.36. The maximum Gasteiger partial charge on any atom is 0.197 e. The molecule has 1 unspecified atom stereocenters. The highest BCUT2D eigenvalue weighted by Gasteiger charge is 2.25. The van der Waals surface area contributed by atoms with E-state index in [1.54, 1.807) is 7.11 Å². The zero-order valence-corrected chi connectivity index (χ0v) is 15.3. The van der Waals surface area contributed by atoms with Crippen LogP contribution >= 0.6 is 23.2 Å². The van der Waals surface area contributed by atoms with E-state index in [2.05, 4.69) is 22.5 Å². The van der Waals surface area contributed by atoms with Gasteiger partial charge in [0.1, 0.15) is 11.4 Å². The Morgan fingerprint density at radius 1 is 1.25 bits per heavy atom. The number of nitrogens with one attached hydrogen (secondary N) is 2. The number of methoxy groups -OCH3 is 1. The molecule has 2 N–H and O–H groups in total. The van der Waals surface area contributed by atoms with E-state index in [1.165, 1.54) is 0 Å². The van der Waals surface area contributed by atoms with Crippen LogP contribution in [-0.4, -0.2) is 13.1 Å². The Balaban J connectivity index is 1.91. The molecule has 0 aromatic heterocycles. The van der Waals surface area contributed by atoms with E-state index in [9.17, 15) is 0 Å². The van der Waals surface area contributed by atoms with Gasteiger partial charge in [-0.3, -0.25) is 0 Å². The van der Waals surface area contributed by atoms with Gasteiger partial charge in [-0.05, 0) is 31.0 Å². The van der Waals surface area contributed by atoms with Gasteiger partial charge in [0.15, 0.2) is 5.96 Å². The maximum absolute atomic E-state index is 6.30. The standard InChI is InChI=1S/C18H19Cl2N3O/c1-10-14(20)8-15(24-3)17-16(10)11(2)22-18(23-17)21-9-12-6-4-5-7-13(12)19/h4-8,11H,9H2,1-3H3,(H2,21,22,23). The van der Waals surface area contributed by atoms with Crippen LogP contribution in [0.25, 0.3) is 0 Å². The molecule has 1 aliphatic heterocycles. The number of hydrogen-bond acceptors (Lipinski definition) is 4. The summed E-state index contributed by atoms with van der Waals surface area (Å²) in [7, 11) is 1.63. The predicted octanol–water partition coefficient (Wildman–Crippen LogP) is 4.75. The van der Waals surface area contributed by atoms with Crippen molar-refractivity contribution in [2.24, 2.45) is 4.99 Å². The van der Waals surface area contributed by atoms with E-state index in [-0.39, 0.29) is 6.04 Å². The third-order valence-electron chi connectivity index (χ3n) is 4.14. The lowest BCUT2D eigenvalue weighted by Crippen LogP contribution is -2.40. The molecular formula is C18H19Cl2N3O. The molecule has 0 saturated carbocycles. The lowest BCUT2D eigenvalue weighted by Gasteiger charge is -2.28. The van der Waals surface area contributed by atoms with Crippen molar-refractivity contribution in [3.8, 4) is 5.75 Å². The molecular weight excluding hydrogens is 345 g/mol. The Morgan fingerprint density at radius 3 is 2.71 bits per heavy atom. The molecule has 3 rings (SSSR count). The fraction of sp³-hybridized carbons (Fsp3) is 0.278. The monoisotopic (exact) mass is 363 g/mol.